The molecule has 1 heterocycles. The summed E-state index contributed by atoms with van der Waals surface area (Å²) in [7, 11) is 1.70. The minimum absolute atomic E-state index is 0.394. The van der Waals surface area contributed by atoms with E-state index in [0.29, 0.717) is 11.8 Å². The van der Waals surface area contributed by atoms with Gasteiger partial charge in [0.05, 0.1) is 19.4 Å². The average molecular weight is 486 g/mol. The van der Waals surface area contributed by atoms with Crippen LogP contribution in [0.2, 0.25) is 0 Å². The van der Waals surface area contributed by atoms with E-state index in [9.17, 15) is 0 Å². The maximum absolute atomic E-state index is 6.19. The van der Waals surface area contributed by atoms with Crippen LogP contribution in [-0.2, 0) is 6.42 Å². The lowest BCUT2D eigenvalue weighted by Gasteiger charge is -2.30. The molecule has 0 N–H and O–H groups in total. The SMILES string of the molecule is C=C1C=CC=C(c2ccc(OCC[C@H](C)CC)c(CC)c2)N1/C=C(/c1ccc(OC)cc1)C(C)CC. The third kappa shape index (κ3) is 6.72. The summed E-state index contributed by atoms with van der Waals surface area (Å²) in [6.45, 7) is 16.4. The highest BCUT2D eigenvalue weighted by Crippen LogP contribution is 2.35. The predicted octanol–water partition coefficient (Wildman–Crippen LogP) is 8.89. The molecule has 0 radical (unpaired) electrons. The number of nitrogens with zero attached hydrogens (tertiary/aromatic N) is 1. The number of ether oxygens (including phenoxy) is 2. The van der Waals surface area contributed by atoms with Crippen LogP contribution >= 0.6 is 0 Å². The maximum Gasteiger partial charge on any atom is 0.122 e. The van der Waals surface area contributed by atoms with Crippen molar-refractivity contribution in [1.29, 1.82) is 0 Å². The Morgan fingerprint density at radius 3 is 2.42 bits per heavy atom. The number of benzene rings is 2. The Kier molecular flexibility index (Phi) is 10.0. The van der Waals surface area contributed by atoms with E-state index in [1.807, 2.05) is 12.1 Å². The Labute approximate surface area is 218 Å². The van der Waals surface area contributed by atoms with E-state index in [1.165, 1.54) is 28.7 Å². The Bertz CT molecular complexity index is 1110. The van der Waals surface area contributed by atoms with Crippen molar-refractivity contribution in [3.63, 3.8) is 0 Å². The highest BCUT2D eigenvalue weighted by molar-refractivity contribution is 5.75. The van der Waals surface area contributed by atoms with Crippen LogP contribution in [0.4, 0.5) is 0 Å². The summed E-state index contributed by atoms with van der Waals surface area (Å²) in [6, 6.07) is 14.9. The first-order valence-corrected chi connectivity index (χ1v) is 13.4. The zero-order chi connectivity index (χ0) is 26.1. The maximum atomic E-state index is 6.19. The molecule has 0 saturated heterocycles. The highest BCUT2D eigenvalue weighted by Gasteiger charge is 2.19. The number of methoxy groups -OCH3 is 1. The van der Waals surface area contributed by atoms with Gasteiger partial charge in [0.1, 0.15) is 11.5 Å². The fourth-order valence-electron chi connectivity index (χ4n) is 4.31. The summed E-state index contributed by atoms with van der Waals surface area (Å²) in [6.07, 6.45) is 12.8. The summed E-state index contributed by atoms with van der Waals surface area (Å²) < 4.78 is 11.6. The van der Waals surface area contributed by atoms with E-state index < -0.39 is 0 Å². The van der Waals surface area contributed by atoms with Gasteiger partial charge in [-0.2, -0.15) is 0 Å². The summed E-state index contributed by atoms with van der Waals surface area (Å²) in [4.78, 5) is 2.23. The Hall–Kier alpha value is -3.20. The molecule has 0 saturated carbocycles. The predicted molar refractivity (Wildman–Crippen MR) is 154 cm³/mol. The van der Waals surface area contributed by atoms with E-state index in [-0.39, 0.29) is 0 Å². The van der Waals surface area contributed by atoms with E-state index in [4.69, 9.17) is 9.47 Å². The van der Waals surface area contributed by atoms with Crippen LogP contribution in [0.1, 0.15) is 70.6 Å². The van der Waals surface area contributed by atoms with Crippen molar-refractivity contribution < 1.29 is 9.47 Å². The van der Waals surface area contributed by atoms with E-state index in [0.717, 1.165) is 48.8 Å². The van der Waals surface area contributed by atoms with Crippen molar-refractivity contribution in [3.05, 3.63) is 95.9 Å². The second-order valence-electron chi connectivity index (χ2n) is 9.72. The Morgan fingerprint density at radius 1 is 1.03 bits per heavy atom. The number of rotatable bonds is 12. The van der Waals surface area contributed by atoms with Crippen LogP contribution in [-0.4, -0.2) is 18.6 Å². The molecule has 3 nitrogen and oxygen atoms in total. The smallest absolute Gasteiger partial charge is 0.122 e. The van der Waals surface area contributed by atoms with Crippen LogP contribution in [0.25, 0.3) is 11.3 Å². The van der Waals surface area contributed by atoms with Gasteiger partial charge in [-0.05, 0) is 95.8 Å². The van der Waals surface area contributed by atoms with Crippen molar-refractivity contribution in [3.8, 4) is 11.5 Å². The van der Waals surface area contributed by atoms with Gasteiger partial charge in [0.2, 0.25) is 0 Å². The minimum atomic E-state index is 0.394. The van der Waals surface area contributed by atoms with Crippen molar-refractivity contribution >= 4 is 11.3 Å². The molecule has 3 rings (SSSR count). The second kappa shape index (κ2) is 13.2. The van der Waals surface area contributed by atoms with Gasteiger partial charge in [0, 0.05) is 11.9 Å². The number of allylic oxidation sites excluding steroid dienone is 4. The second-order valence-corrected chi connectivity index (χ2v) is 9.72. The molecule has 1 aliphatic heterocycles. The molecule has 2 atom stereocenters. The lowest BCUT2D eigenvalue weighted by Crippen LogP contribution is -2.17. The summed E-state index contributed by atoms with van der Waals surface area (Å²) >= 11 is 0. The number of hydrogen-bond donors (Lipinski definition) is 0. The normalized spacial score (nSPS) is 15.5. The number of hydrogen-bond acceptors (Lipinski definition) is 3. The fourth-order valence-corrected chi connectivity index (χ4v) is 4.31. The van der Waals surface area contributed by atoms with Gasteiger partial charge in [-0.25, -0.2) is 0 Å². The van der Waals surface area contributed by atoms with Gasteiger partial charge in [0.25, 0.3) is 0 Å². The van der Waals surface area contributed by atoms with Crippen molar-refractivity contribution in [1.82, 2.24) is 4.90 Å². The average Bonchev–Trinajstić information content (AvgIpc) is 2.92. The van der Waals surface area contributed by atoms with Gasteiger partial charge in [-0.1, -0.05) is 65.8 Å². The van der Waals surface area contributed by atoms with Crippen LogP contribution in [0.3, 0.4) is 0 Å². The lowest BCUT2D eigenvalue weighted by molar-refractivity contribution is 0.279. The summed E-state index contributed by atoms with van der Waals surface area (Å²) in [5.74, 6) is 2.94. The van der Waals surface area contributed by atoms with E-state index in [2.05, 4.69) is 101 Å². The number of aryl methyl sites for hydroxylation is 1. The molecule has 0 aromatic heterocycles. The molecule has 2 aromatic rings. The first-order chi connectivity index (χ1) is 17.4. The summed E-state index contributed by atoms with van der Waals surface area (Å²) in [5.41, 5.74) is 6.96. The third-order valence-electron chi connectivity index (χ3n) is 7.25. The van der Waals surface area contributed by atoms with Gasteiger partial charge >= 0.3 is 0 Å². The fraction of sp³-hybridized carbons (Fsp3) is 0.394. The zero-order valence-corrected chi connectivity index (χ0v) is 23.0. The minimum Gasteiger partial charge on any atom is -0.497 e. The molecule has 0 fully saturated rings. The van der Waals surface area contributed by atoms with Gasteiger partial charge in [-0.15, -0.1) is 0 Å². The monoisotopic (exact) mass is 485 g/mol. The molecule has 0 bridgehead atoms. The molecule has 192 valence electrons. The van der Waals surface area contributed by atoms with Crippen LogP contribution in [0, 0.1) is 11.8 Å². The lowest BCUT2D eigenvalue weighted by atomic mass is 9.92. The van der Waals surface area contributed by atoms with Crippen molar-refractivity contribution in [2.45, 2.75) is 60.3 Å². The molecule has 0 spiro atoms. The molecule has 3 heteroatoms. The molecule has 36 heavy (non-hydrogen) atoms. The topological polar surface area (TPSA) is 21.7 Å². The molecule has 1 aliphatic rings. The van der Waals surface area contributed by atoms with Gasteiger partial charge in [0.15, 0.2) is 0 Å². The zero-order valence-electron chi connectivity index (χ0n) is 23.0. The summed E-state index contributed by atoms with van der Waals surface area (Å²) in [5, 5.41) is 0. The quantitative estimate of drug-likeness (QED) is 0.300. The molecule has 1 unspecified atom stereocenters. The first-order valence-electron chi connectivity index (χ1n) is 13.4. The van der Waals surface area contributed by atoms with Crippen molar-refractivity contribution in [2.75, 3.05) is 13.7 Å². The molecular formula is C33H43NO2. The molecular weight excluding hydrogens is 442 g/mol. The van der Waals surface area contributed by atoms with E-state index >= 15 is 0 Å². The highest BCUT2D eigenvalue weighted by atomic mass is 16.5. The van der Waals surface area contributed by atoms with Gasteiger partial charge in [-0.3, -0.25) is 0 Å². The molecule has 2 aromatic carbocycles. The van der Waals surface area contributed by atoms with Crippen LogP contribution in [0.5, 0.6) is 11.5 Å². The largest absolute Gasteiger partial charge is 0.497 e. The molecule has 0 aliphatic carbocycles. The van der Waals surface area contributed by atoms with Gasteiger partial charge < -0.3 is 14.4 Å². The third-order valence-corrected chi connectivity index (χ3v) is 7.25. The van der Waals surface area contributed by atoms with Crippen molar-refractivity contribution in [2.24, 2.45) is 11.8 Å². The van der Waals surface area contributed by atoms with E-state index in [1.54, 1.807) is 7.11 Å². The Balaban J connectivity index is 1.95. The Morgan fingerprint density at radius 2 is 1.78 bits per heavy atom. The van der Waals surface area contributed by atoms with Crippen LogP contribution in [0.15, 0.2) is 79.2 Å². The molecule has 0 amide bonds. The first kappa shape index (κ1) is 27.4. The van der Waals surface area contributed by atoms with Crippen LogP contribution < -0.4 is 9.47 Å². The standard InChI is InChI=1S/C33H43NO2/c1-8-24(4)20-21-36-33-19-16-29(22-27(33)10-3)32-13-11-12-26(6)34(32)23-31(25(5)9-2)28-14-17-30(35-7)18-15-28/h11-19,22-25H,6,8-10,20-21H2,1-5,7H3/b31-23+/t24-,25?/m1/s1.